The smallest absolute Gasteiger partial charge is 0.407 e. The maximum atomic E-state index is 12.8. The minimum atomic E-state index is -0.844. The second kappa shape index (κ2) is 9.49. The number of nitrogens with one attached hydrogen (secondary N) is 1. The highest BCUT2D eigenvalue weighted by molar-refractivity contribution is 5.80. The lowest BCUT2D eigenvalue weighted by molar-refractivity contribution is -0.138. The maximum absolute atomic E-state index is 12.8. The molecule has 2 unspecified atom stereocenters. The van der Waals surface area contributed by atoms with Crippen LogP contribution in [0, 0.1) is 11.8 Å². The second-order valence-corrected chi connectivity index (χ2v) is 10.1. The number of benzene rings is 2. The van der Waals surface area contributed by atoms with Gasteiger partial charge in [-0.1, -0.05) is 55.5 Å². The molecular formula is C27H32N2O5. The first-order valence-corrected chi connectivity index (χ1v) is 11.8. The summed E-state index contributed by atoms with van der Waals surface area (Å²) in [6, 6.07) is 16.3. The minimum absolute atomic E-state index is 0.0276. The number of carboxylic acids is 1. The summed E-state index contributed by atoms with van der Waals surface area (Å²) in [5.41, 5.74) is 3.82. The standard InChI is InChI=1S/C27H32N2O5/c1-17-14-29(15-18(17)12-25(31)32)24(30)13-27(2,3)28-26(33)34-16-23-21-10-6-4-8-19(21)20-9-5-7-11-22(20)23/h4-11,17-18,23H,12-16H2,1-3H3,(H,28,33)(H,31,32). The normalized spacial score (nSPS) is 19.4. The Hall–Kier alpha value is -3.35. The van der Waals surface area contributed by atoms with Gasteiger partial charge in [-0.15, -0.1) is 0 Å². The Labute approximate surface area is 200 Å². The van der Waals surface area contributed by atoms with Crippen LogP contribution < -0.4 is 5.32 Å². The summed E-state index contributed by atoms with van der Waals surface area (Å²) in [5.74, 6) is -0.870. The molecule has 0 radical (unpaired) electrons. The monoisotopic (exact) mass is 464 g/mol. The van der Waals surface area contributed by atoms with E-state index in [1.54, 1.807) is 18.7 Å². The molecule has 2 aromatic carbocycles. The van der Waals surface area contributed by atoms with Crippen molar-refractivity contribution < 1.29 is 24.2 Å². The average molecular weight is 465 g/mol. The molecular weight excluding hydrogens is 432 g/mol. The Morgan fingerprint density at radius 1 is 1.03 bits per heavy atom. The number of hydrogen-bond donors (Lipinski definition) is 2. The number of aliphatic carboxylic acids is 1. The minimum Gasteiger partial charge on any atom is -0.481 e. The zero-order valence-electron chi connectivity index (χ0n) is 19.9. The molecule has 7 heteroatoms. The van der Waals surface area contributed by atoms with Gasteiger partial charge in [-0.25, -0.2) is 4.79 Å². The van der Waals surface area contributed by atoms with Crippen LogP contribution in [-0.4, -0.2) is 53.2 Å². The van der Waals surface area contributed by atoms with Gasteiger partial charge < -0.3 is 20.1 Å². The number of carboxylic acid groups (broad SMARTS) is 1. The van der Waals surface area contributed by atoms with Crippen LogP contribution in [0.1, 0.15) is 50.7 Å². The fourth-order valence-corrected chi connectivity index (χ4v) is 5.17. The van der Waals surface area contributed by atoms with Gasteiger partial charge in [0.2, 0.25) is 5.91 Å². The summed E-state index contributed by atoms with van der Waals surface area (Å²) < 4.78 is 5.62. The third kappa shape index (κ3) is 5.08. The van der Waals surface area contributed by atoms with E-state index in [2.05, 4.69) is 29.6 Å². The lowest BCUT2D eigenvalue weighted by Crippen LogP contribution is -2.47. The van der Waals surface area contributed by atoms with Crippen LogP contribution in [0.3, 0.4) is 0 Å². The van der Waals surface area contributed by atoms with Crippen molar-refractivity contribution in [3.63, 3.8) is 0 Å². The van der Waals surface area contributed by atoms with E-state index >= 15 is 0 Å². The Balaban J connectivity index is 1.32. The van der Waals surface area contributed by atoms with Crippen LogP contribution >= 0.6 is 0 Å². The number of ether oxygens (including phenoxy) is 1. The van der Waals surface area contributed by atoms with Gasteiger partial charge in [0.25, 0.3) is 0 Å². The quantitative estimate of drug-likeness (QED) is 0.638. The Kier molecular flexibility index (Phi) is 6.64. The topological polar surface area (TPSA) is 95.9 Å². The molecule has 180 valence electrons. The second-order valence-electron chi connectivity index (χ2n) is 10.1. The molecule has 0 spiro atoms. The summed E-state index contributed by atoms with van der Waals surface area (Å²) in [6.07, 6.45) is -0.381. The van der Waals surface area contributed by atoms with Gasteiger partial charge in [0, 0.05) is 31.0 Å². The first kappa shape index (κ1) is 23.8. The molecule has 0 bridgehead atoms. The SMILES string of the molecule is CC1CN(C(=O)CC(C)(C)NC(=O)OCC2c3ccccc3-c3ccccc32)CC1CC(=O)O. The van der Waals surface area contributed by atoms with E-state index in [9.17, 15) is 14.4 Å². The Morgan fingerprint density at radius 2 is 1.62 bits per heavy atom. The number of likely N-dealkylation sites (tertiary alicyclic amines) is 1. The molecule has 2 amide bonds. The number of rotatable bonds is 7. The van der Waals surface area contributed by atoms with Crippen molar-refractivity contribution in [2.24, 2.45) is 11.8 Å². The highest BCUT2D eigenvalue weighted by Crippen LogP contribution is 2.44. The van der Waals surface area contributed by atoms with Gasteiger partial charge in [-0.05, 0) is 47.9 Å². The average Bonchev–Trinajstić information content (AvgIpc) is 3.29. The van der Waals surface area contributed by atoms with E-state index in [0.29, 0.717) is 13.1 Å². The molecule has 2 aromatic rings. The lowest BCUT2D eigenvalue weighted by atomic mass is 9.95. The van der Waals surface area contributed by atoms with Crippen molar-refractivity contribution in [3.05, 3.63) is 59.7 Å². The summed E-state index contributed by atoms with van der Waals surface area (Å²) in [7, 11) is 0. The molecule has 1 aliphatic carbocycles. The first-order chi connectivity index (χ1) is 16.1. The molecule has 34 heavy (non-hydrogen) atoms. The fourth-order valence-electron chi connectivity index (χ4n) is 5.17. The number of hydrogen-bond acceptors (Lipinski definition) is 4. The van der Waals surface area contributed by atoms with Crippen LogP contribution in [0.4, 0.5) is 4.79 Å². The third-order valence-corrected chi connectivity index (χ3v) is 6.93. The molecule has 4 rings (SSSR count). The molecule has 0 saturated carbocycles. The molecule has 2 N–H and O–H groups in total. The number of fused-ring (bicyclic) bond motifs is 3. The highest BCUT2D eigenvalue weighted by atomic mass is 16.5. The van der Waals surface area contributed by atoms with E-state index in [0.717, 1.165) is 11.1 Å². The maximum Gasteiger partial charge on any atom is 0.407 e. The lowest BCUT2D eigenvalue weighted by Gasteiger charge is -2.28. The van der Waals surface area contributed by atoms with Crippen LogP contribution in [0.5, 0.6) is 0 Å². The molecule has 1 aliphatic heterocycles. The van der Waals surface area contributed by atoms with Crippen molar-refractivity contribution in [2.45, 2.75) is 45.1 Å². The van der Waals surface area contributed by atoms with Crippen molar-refractivity contribution in [1.29, 1.82) is 0 Å². The van der Waals surface area contributed by atoms with Gasteiger partial charge >= 0.3 is 12.1 Å². The van der Waals surface area contributed by atoms with Crippen molar-refractivity contribution >= 4 is 18.0 Å². The largest absolute Gasteiger partial charge is 0.481 e. The van der Waals surface area contributed by atoms with Crippen LogP contribution in [0.2, 0.25) is 0 Å². The predicted octanol–water partition coefficient (Wildman–Crippen LogP) is 4.26. The number of amides is 2. The molecule has 0 aromatic heterocycles. The molecule has 1 fully saturated rings. The van der Waals surface area contributed by atoms with E-state index in [1.165, 1.54) is 11.1 Å². The fraction of sp³-hybridized carbons (Fsp3) is 0.444. The molecule has 1 heterocycles. The van der Waals surface area contributed by atoms with Crippen molar-refractivity contribution in [1.82, 2.24) is 10.2 Å². The van der Waals surface area contributed by atoms with E-state index in [4.69, 9.17) is 9.84 Å². The van der Waals surface area contributed by atoms with E-state index < -0.39 is 17.6 Å². The van der Waals surface area contributed by atoms with Gasteiger partial charge in [0.1, 0.15) is 6.61 Å². The zero-order chi connectivity index (χ0) is 24.5. The number of carbonyl (C=O) groups is 3. The number of carbonyl (C=O) groups excluding carboxylic acids is 2. The van der Waals surface area contributed by atoms with Gasteiger partial charge in [0.05, 0.1) is 6.42 Å². The molecule has 2 atom stereocenters. The zero-order valence-corrected chi connectivity index (χ0v) is 19.9. The summed E-state index contributed by atoms with van der Waals surface area (Å²) >= 11 is 0. The van der Waals surface area contributed by atoms with Gasteiger partial charge in [-0.2, -0.15) is 0 Å². The molecule has 2 aliphatic rings. The molecule has 1 saturated heterocycles. The summed E-state index contributed by atoms with van der Waals surface area (Å²) in [4.78, 5) is 38.3. The first-order valence-electron chi connectivity index (χ1n) is 11.8. The third-order valence-electron chi connectivity index (χ3n) is 6.93. The Morgan fingerprint density at radius 3 is 2.21 bits per heavy atom. The molecule has 7 nitrogen and oxygen atoms in total. The van der Waals surface area contributed by atoms with Crippen LogP contribution in [0.15, 0.2) is 48.5 Å². The Bertz CT molecular complexity index is 1050. The summed E-state index contributed by atoms with van der Waals surface area (Å²) in [6.45, 7) is 6.75. The summed E-state index contributed by atoms with van der Waals surface area (Å²) in [5, 5.41) is 11.9. The number of nitrogens with zero attached hydrogens (tertiary/aromatic N) is 1. The van der Waals surface area contributed by atoms with Crippen LogP contribution in [0.25, 0.3) is 11.1 Å². The van der Waals surface area contributed by atoms with Gasteiger partial charge in [-0.3, -0.25) is 9.59 Å². The van der Waals surface area contributed by atoms with Crippen molar-refractivity contribution in [2.75, 3.05) is 19.7 Å². The van der Waals surface area contributed by atoms with Crippen molar-refractivity contribution in [3.8, 4) is 11.1 Å². The van der Waals surface area contributed by atoms with E-state index in [-0.39, 0.29) is 43.1 Å². The van der Waals surface area contributed by atoms with Gasteiger partial charge in [0.15, 0.2) is 0 Å². The number of alkyl carbamates (subject to hydrolysis) is 1. The van der Waals surface area contributed by atoms with Crippen LogP contribution in [-0.2, 0) is 14.3 Å². The highest BCUT2D eigenvalue weighted by Gasteiger charge is 2.36. The predicted molar refractivity (Wildman–Crippen MR) is 128 cm³/mol. The van der Waals surface area contributed by atoms with E-state index in [1.807, 2.05) is 31.2 Å².